The van der Waals surface area contributed by atoms with Crippen molar-refractivity contribution in [1.82, 2.24) is 10.3 Å². The monoisotopic (exact) mass is 392 g/mol. The van der Waals surface area contributed by atoms with Crippen LogP contribution in [-0.2, 0) is 11.2 Å². The van der Waals surface area contributed by atoms with Crippen LogP contribution >= 0.6 is 0 Å². The fourth-order valence-corrected chi connectivity index (χ4v) is 3.17. The van der Waals surface area contributed by atoms with Crippen molar-refractivity contribution in [2.75, 3.05) is 7.11 Å². The van der Waals surface area contributed by atoms with Gasteiger partial charge in [-0.25, -0.2) is 0 Å². The molecule has 2 aromatic rings. The number of methoxy groups -OCH3 is 1. The van der Waals surface area contributed by atoms with E-state index in [1.165, 1.54) is 11.1 Å². The van der Waals surface area contributed by atoms with Gasteiger partial charge in [0, 0.05) is 24.5 Å². The quantitative estimate of drug-likeness (QED) is 0.446. The van der Waals surface area contributed by atoms with E-state index in [1.807, 2.05) is 55.6 Å². The molecule has 0 aliphatic carbocycles. The summed E-state index contributed by atoms with van der Waals surface area (Å²) >= 11 is 0. The number of carbonyl (C=O) groups is 1. The zero-order valence-corrected chi connectivity index (χ0v) is 17.9. The normalized spacial score (nSPS) is 12.9. The largest absolute Gasteiger partial charge is 0.497 e. The first-order valence-electron chi connectivity index (χ1n) is 10.2. The third-order valence-corrected chi connectivity index (χ3v) is 4.78. The van der Waals surface area contributed by atoms with E-state index in [0.717, 1.165) is 30.6 Å². The Kier molecular flexibility index (Phi) is 9.16. The summed E-state index contributed by atoms with van der Waals surface area (Å²) in [7, 11) is 1.66. The number of aryl methyl sites for hydroxylation is 1. The summed E-state index contributed by atoms with van der Waals surface area (Å²) in [4.78, 5) is 16.3. The van der Waals surface area contributed by atoms with Gasteiger partial charge in [-0.1, -0.05) is 44.2 Å². The maximum Gasteiger partial charge on any atom is 0.244 e. The van der Waals surface area contributed by atoms with Gasteiger partial charge in [0.25, 0.3) is 0 Å². The van der Waals surface area contributed by atoms with Crippen LogP contribution in [0.15, 0.2) is 67.0 Å². The Morgan fingerprint density at radius 1 is 1.17 bits per heavy atom. The van der Waals surface area contributed by atoms with Crippen molar-refractivity contribution < 1.29 is 9.53 Å². The van der Waals surface area contributed by atoms with Gasteiger partial charge in [-0.2, -0.15) is 0 Å². The molecule has 0 radical (unpaired) electrons. The third kappa shape index (κ3) is 7.94. The molecular formula is C25H32N2O2. The predicted molar refractivity (Wildman–Crippen MR) is 120 cm³/mol. The zero-order chi connectivity index (χ0) is 21.1. The minimum Gasteiger partial charge on any atom is -0.497 e. The van der Waals surface area contributed by atoms with E-state index in [0.29, 0.717) is 5.92 Å². The number of nitrogens with one attached hydrogen (secondary N) is 1. The van der Waals surface area contributed by atoms with Crippen LogP contribution in [0.4, 0.5) is 0 Å². The second kappa shape index (κ2) is 11.8. The molecule has 0 bridgehead atoms. The fraction of sp³-hybridized carbons (Fsp3) is 0.360. The molecule has 2 rings (SSSR count). The lowest BCUT2D eigenvalue weighted by atomic mass is 9.95. The fourth-order valence-electron chi connectivity index (χ4n) is 3.17. The average Bonchev–Trinajstić information content (AvgIpc) is 2.72. The standard InChI is InChI=1S/C25H32N2O2/c1-19(2)24(22-13-15-23(29-4)16-14-22)11-6-12-25(28)27-20(3)8-5-9-21-10-7-17-26-18-21/h6-7,10-20H,5,8-9H2,1-4H3,(H,27,28)/b12-6+,24-11+. The number of hydrogen-bond acceptors (Lipinski definition) is 3. The van der Waals surface area contributed by atoms with E-state index < -0.39 is 0 Å². The molecule has 0 aliphatic rings. The lowest BCUT2D eigenvalue weighted by Gasteiger charge is -2.13. The summed E-state index contributed by atoms with van der Waals surface area (Å²) in [6, 6.07) is 12.2. The summed E-state index contributed by atoms with van der Waals surface area (Å²) in [6.07, 6.45) is 12.1. The number of ether oxygens (including phenoxy) is 1. The van der Waals surface area contributed by atoms with Crippen molar-refractivity contribution in [2.24, 2.45) is 5.92 Å². The van der Waals surface area contributed by atoms with Crippen molar-refractivity contribution in [1.29, 1.82) is 0 Å². The summed E-state index contributed by atoms with van der Waals surface area (Å²) in [5, 5.41) is 3.04. The van der Waals surface area contributed by atoms with Crippen LogP contribution in [0.3, 0.4) is 0 Å². The molecule has 29 heavy (non-hydrogen) atoms. The van der Waals surface area contributed by atoms with E-state index in [1.54, 1.807) is 19.4 Å². The maximum absolute atomic E-state index is 12.2. The van der Waals surface area contributed by atoms with Crippen LogP contribution < -0.4 is 10.1 Å². The highest BCUT2D eigenvalue weighted by atomic mass is 16.5. The minimum atomic E-state index is -0.0621. The molecule has 0 aliphatic heterocycles. The number of carbonyl (C=O) groups excluding carboxylic acids is 1. The highest BCUT2D eigenvalue weighted by Gasteiger charge is 2.07. The van der Waals surface area contributed by atoms with E-state index in [4.69, 9.17) is 4.74 Å². The lowest BCUT2D eigenvalue weighted by molar-refractivity contribution is -0.117. The first-order valence-corrected chi connectivity index (χ1v) is 10.2. The predicted octanol–water partition coefficient (Wildman–Crippen LogP) is 5.21. The SMILES string of the molecule is COc1ccc(/C(=C/C=C/C(=O)NC(C)CCCc2cccnc2)C(C)C)cc1. The molecule has 1 aromatic carbocycles. The topological polar surface area (TPSA) is 51.2 Å². The number of hydrogen-bond donors (Lipinski definition) is 1. The molecule has 4 nitrogen and oxygen atoms in total. The first kappa shape index (κ1) is 22.4. The van der Waals surface area contributed by atoms with Gasteiger partial charge in [-0.05, 0) is 67.0 Å². The van der Waals surface area contributed by atoms with Crippen molar-refractivity contribution in [2.45, 2.75) is 46.1 Å². The smallest absolute Gasteiger partial charge is 0.244 e. The summed E-state index contributed by atoms with van der Waals surface area (Å²) in [5.74, 6) is 1.12. The van der Waals surface area contributed by atoms with Crippen LogP contribution in [0.5, 0.6) is 5.75 Å². The highest BCUT2D eigenvalue weighted by Crippen LogP contribution is 2.25. The van der Waals surface area contributed by atoms with Gasteiger partial charge >= 0.3 is 0 Å². The molecule has 1 amide bonds. The molecule has 1 atom stereocenters. The van der Waals surface area contributed by atoms with Crippen LogP contribution in [-0.4, -0.2) is 24.0 Å². The van der Waals surface area contributed by atoms with E-state index >= 15 is 0 Å². The molecule has 0 spiro atoms. The average molecular weight is 393 g/mol. The van der Waals surface area contributed by atoms with E-state index in [9.17, 15) is 4.79 Å². The van der Waals surface area contributed by atoms with Crippen LogP contribution in [0.1, 0.15) is 44.7 Å². The zero-order valence-electron chi connectivity index (χ0n) is 17.9. The molecule has 1 unspecified atom stereocenters. The van der Waals surface area contributed by atoms with Crippen molar-refractivity contribution in [3.63, 3.8) is 0 Å². The summed E-state index contributed by atoms with van der Waals surface area (Å²) in [5.41, 5.74) is 3.55. The third-order valence-electron chi connectivity index (χ3n) is 4.78. The minimum absolute atomic E-state index is 0.0621. The second-order valence-electron chi connectivity index (χ2n) is 7.53. The van der Waals surface area contributed by atoms with Gasteiger partial charge in [0.15, 0.2) is 0 Å². The Hall–Kier alpha value is -2.88. The number of aromatic nitrogens is 1. The summed E-state index contributed by atoms with van der Waals surface area (Å²) < 4.78 is 5.22. The lowest BCUT2D eigenvalue weighted by Crippen LogP contribution is -2.31. The van der Waals surface area contributed by atoms with Crippen molar-refractivity contribution in [3.05, 3.63) is 78.1 Å². The van der Waals surface area contributed by atoms with Crippen LogP contribution in [0.2, 0.25) is 0 Å². The van der Waals surface area contributed by atoms with Gasteiger partial charge in [0.2, 0.25) is 5.91 Å². The van der Waals surface area contributed by atoms with Crippen LogP contribution in [0, 0.1) is 5.92 Å². The van der Waals surface area contributed by atoms with Gasteiger partial charge in [0.1, 0.15) is 5.75 Å². The molecule has 1 N–H and O–H groups in total. The summed E-state index contributed by atoms with van der Waals surface area (Å²) in [6.45, 7) is 6.34. The van der Waals surface area contributed by atoms with Crippen molar-refractivity contribution in [3.8, 4) is 5.75 Å². The number of benzene rings is 1. The molecule has 0 saturated heterocycles. The van der Waals surface area contributed by atoms with Gasteiger partial charge in [-0.3, -0.25) is 9.78 Å². The van der Waals surface area contributed by atoms with Gasteiger partial charge in [-0.15, -0.1) is 0 Å². The molecule has 0 saturated carbocycles. The maximum atomic E-state index is 12.2. The van der Waals surface area contributed by atoms with Gasteiger partial charge in [0.05, 0.1) is 7.11 Å². The Bertz CT molecular complexity index is 808. The van der Waals surface area contributed by atoms with E-state index in [2.05, 4.69) is 30.2 Å². The number of pyridine rings is 1. The molecule has 0 fully saturated rings. The number of nitrogens with zero attached hydrogens (tertiary/aromatic N) is 1. The Morgan fingerprint density at radius 3 is 2.55 bits per heavy atom. The molecule has 4 heteroatoms. The Balaban J connectivity index is 1.85. The van der Waals surface area contributed by atoms with E-state index in [-0.39, 0.29) is 11.9 Å². The Morgan fingerprint density at radius 2 is 1.93 bits per heavy atom. The highest BCUT2D eigenvalue weighted by molar-refractivity contribution is 5.88. The molecule has 1 aromatic heterocycles. The molecular weight excluding hydrogens is 360 g/mol. The molecule has 1 heterocycles. The van der Waals surface area contributed by atoms with Crippen LogP contribution in [0.25, 0.3) is 5.57 Å². The van der Waals surface area contributed by atoms with Crippen molar-refractivity contribution >= 4 is 11.5 Å². The number of rotatable bonds is 10. The second-order valence-corrected chi connectivity index (χ2v) is 7.53. The Labute approximate surface area is 174 Å². The first-order chi connectivity index (χ1) is 14.0. The number of amides is 1. The number of allylic oxidation sites excluding steroid dienone is 3. The van der Waals surface area contributed by atoms with Gasteiger partial charge < -0.3 is 10.1 Å². The molecule has 154 valence electrons.